The van der Waals surface area contributed by atoms with Gasteiger partial charge in [-0.15, -0.1) is 0 Å². The SMILES string of the molecule is CC(=O)NC1[C@H](n2ccc(N)nc2=O)O[C@H](CO)[C@H]1O. The van der Waals surface area contributed by atoms with Crippen molar-refractivity contribution in [2.45, 2.75) is 31.4 Å². The van der Waals surface area contributed by atoms with Crippen LogP contribution in [-0.2, 0) is 9.53 Å². The van der Waals surface area contributed by atoms with Gasteiger partial charge in [0.15, 0.2) is 6.23 Å². The minimum absolute atomic E-state index is 0.0552. The Labute approximate surface area is 114 Å². The van der Waals surface area contributed by atoms with Gasteiger partial charge in [-0.1, -0.05) is 0 Å². The molecule has 2 heterocycles. The summed E-state index contributed by atoms with van der Waals surface area (Å²) in [6, 6.07) is 0.529. The summed E-state index contributed by atoms with van der Waals surface area (Å²) >= 11 is 0. The number of amides is 1. The van der Waals surface area contributed by atoms with Crippen LogP contribution in [0.15, 0.2) is 17.1 Å². The van der Waals surface area contributed by atoms with Crippen LogP contribution in [0.3, 0.4) is 0 Å². The molecule has 20 heavy (non-hydrogen) atoms. The highest BCUT2D eigenvalue weighted by Crippen LogP contribution is 2.28. The molecule has 1 fully saturated rings. The quantitative estimate of drug-likeness (QED) is 0.484. The maximum absolute atomic E-state index is 11.8. The predicted molar refractivity (Wildman–Crippen MR) is 67.5 cm³/mol. The zero-order valence-corrected chi connectivity index (χ0v) is 10.8. The second-order valence-corrected chi connectivity index (χ2v) is 4.51. The molecule has 5 N–H and O–H groups in total. The van der Waals surface area contributed by atoms with E-state index in [1.54, 1.807) is 0 Å². The van der Waals surface area contributed by atoms with E-state index in [0.717, 1.165) is 4.57 Å². The molecule has 0 aliphatic carbocycles. The Kier molecular flexibility index (Phi) is 4.02. The van der Waals surface area contributed by atoms with Crippen LogP contribution >= 0.6 is 0 Å². The van der Waals surface area contributed by atoms with E-state index in [9.17, 15) is 14.7 Å². The summed E-state index contributed by atoms with van der Waals surface area (Å²) in [7, 11) is 0. The van der Waals surface area contributed by atoms with Gasteiger partial charge in [0.2, 0.25) is 5.91 Å². The molecule has 0 aromatic carbocycles. The Hall–Kier alpha value is -1.97. The molecule has 9 nitrogen and oxygen atoms in total. The zero-order chi connectivity index (χ0) is 14.9. The van der Waals surface area contributed by atoms with Crippen molar-refractivity contribution in [2.75, 3.05) is 12.3 Å². The van der Waals surface area contributed by atoms with Crippen LogP contribution in [0.25, 0.3) is 0 Å². The predicted octanol–water partition coefficient (Wildman–Crippen LogP) is -2.42. The smallest absolute Gasteiger partial charge is 0.351 e. The van der Waals surface area contributed by atoms with Crippen LogP contribution in [0.5, 0.6) is 0 Å². The van der Waals surface area contributed by atoms with Gasteiger partial charge in [0.1, 0.15) is 24.1 Å². The highest BCUT2D eigenvalue weighted by atomic mass is 16.5. The summed E-state index contributed by atoms with van der Waals surface area (Å²) in [4.78, 5) is 26.5. The zero-order valence-electron chi connectivity index (χ0n) is 10.8. The number of rotatable bonds is 3. The molecule has 1 aliphatic rings. The maximum atomic E-state index is 11.8. The van der Waals surface area contributed by atoms with Gasteiger partial charge in [-0.2, -0.15) is 4.98 Å². The number of carbonyl (C=O) groups excluding carboxylic acids is 1. The third-order valence-corrected chi connectivity index (χ3v) is 3.05. The summed E-state index contributed by atoms with van der Waals surface area (Å²) < 4.78 is 6.52. The van der Waals surface area contributed by atoms with Crippen molar-refractivity contribution in [2.24, 2.45) is 0 Å². The van der Waals surface area contributed by atoms with Crippen molar-refractivity contribution in [1.29, 1.82) is 0 Å². The largest absolute Gasteiger partial charge is 0.394 e. The lowest BCUT2D eigenvalue weighted by Crippen LogP contribution is -2.47. The van der Waals surface area contributed by atoms with Crippen LogP contribution in [0.1, 0.15) is 13.2 Å². The molecule has 0 saturated carbocycles. The molecule has 1 amide bonds. The lowest BCUT2D eigenvalue weighted by Gasteiger charge is -2.22. The van der Waals surface area contributed by atoms with Crippen molar-refractivity contribution in [3.05, 3.63) is 22.7 Å². The molecule has 0 radical (unpaired) electrons. The number of nitrogen functional groups attached to an aromatic ring is 1. The third-order valence-electron chi connectivity index (χ3n) is 3.05. The molecule has 0 bridgehead atoms. The lowest BCUT2D eigenvalue weighted by molar-refractivity contribution is -0.121. The summed E-state index contributed by atoms with van der Waals surface area (Å²) in [5.74, 6) is -0.336. The molecular weight excluding hydrogens is 268 g/mol. The molecule has 1 saturated heterocycles. The Morgan fingerprint density at radius 1 is 1.65 bits per heavy atom. The first kappa shape index (κ1) is 14.4. The fourth-order valence-electron chi connectivity index (χ4n) is 2.14. The van der Waals surface area contributed by atoms with Gasteiger partial charge in [0.25, 0.3) is 0 Å². The number of nitrogens with one attached hydrogen (secondary N) is 1. The number of nitrogens with zero attached hydrogens (tertiary/aromatic N) is 2. The monoisotopic (exact) mass is 284 g/mol. The molecule has 1 aliphatic heterocycles. The van der Waals surface area contributed by atoms with Crippen LogP contribution in [0.2, 0.25) is 0 Å². The van der Waals surface area contributed by atoms with Gasteiger partial charge in [0.05, 0.1) is 6.61 Å². The Bertz CT molecular complexity index is 560. The number of aliphatic hydroxyl groups is 2. The molecule has 9 heteroatoms. The third kappa shape index (κ3) is 2.64. The molecule has 1 aromatic heterocycles. The van der Waals surface area contributed by atoms with Crippen molar-refractivity contribution in [3.63, 3.8) is 0 Å². The Morgan fingerprint density at radius 3 is 2.90 bits per heavy atom. The number of aliphatic hydroxyl groups excluding tert-OH is 2. The first-order chi connectivity index (χ1) is 9.43. The fourth-order valence-corrected chi connectivity index (χ4v) is 2.14. The van der Waals surface area contributed by atoms with E-state index in [-0.39, 0.29) is 5.82 Å². The van der Waals surface area contributed by atoms with E-state index in [1.807, 2.05) is 0 Å². The highest BCUT2D eigenvalue weighted by Gasteiger charge is 2.45. The van der Waals surface area contributed by atoms with Crippen LogP contribution in [0.4, 0.5) is 5.82 Å². The summed E-state index contributed by atoms with van der Waals surface area (Å²) in [5, 5.41) is 21.7. The van der Waals surface area contributed by atoms with Gasteiger partial charge in [-0.3, -0.25) is 9.36 Å². The molecule has 1 aromatic rings. The molecule has 2 rings (SSSR count). The summed E-state index contributed by atoms with van der Waals surface area (Å²) in [6.07, 6.45) is -1.65. The van der Waals surface area contributed by atoms with Crippen LogP contribution < -0.4 is 16.7 Å². The molecule has 0 spiro atoms. The second-order valence-electron chi connectivity index (χ2n) is 4.51. The number of carbonyl (C=O) groups is 1. The summed E-state index contributed by atoms with van der Waals surface area (Å²) in [5.41, 5.74) is 4.73. The van der Waals surface area contributed by atoms with E-state index < -0.39 is 42.7 Å². The van der Waals surface area contributed by atoms with E-state index in [0.29, 0.717) is 0 Å². The van der Waals surface area contributed by atoms with Crippen molar-refractivity contribution in [3.8, 4) is 0 Å². The minimum atomic E-state index is -1.14. The second kappa shape index (κ2) is 5.57. The molecular formula is C11H16N4O5. The van der Waals surface area contributed by atoms with Crippen molar-refractivity contribution in [1.82, 2.24) is 14.9 Å². The van der Waals surface area contributed by atoms with Crippen LogP contribution in [-0.4, -0.2) is 50.5 Å². The number of aromatic nitrogens is 2. The van der Waals surface area contributed by atoms with Crippen molar-refractivity contribution >= 4 is 11.7 Å². The number of hydrogen-bond acceptors (Lipinski definition) is 7. The van der Waals surface area contributed by atoms with Gasteiger partial charge >= 0.3 is 5.69 Å². The molecule has 4 atom stereocenters. The Morgan fingerprint density at radius 2 is 2.35 bits per heavy atom. The average molecular weight is 284 g/mol. The first-order valence-electron chi connectivity index (χ1n) is 6.00. The van der Waals surface area contributed by atoms with Gasteiger partial charge in [0, 0.05) is 13.1 Å². The highest BCUT2D eigenvalue weighted by molar-refractivity contribution is 5.73. The maximum Gasteiger partial charge on any atom is 0.351 e. The van der Waals surface area contributed by atoms with Gasteiger partial charge in [-0.25, -0.2) is 4.79 Å². The summed E-state index contributed by atoms with van der Waals surface area (Å²) in [6.45, 7) is 0.838. The molecule has 1 unspecified atom stereocenters. The molecule has 110 valence electrons. The Balaban J connectivity index is 2.36. The number of nitrogens with two attached hydrogens (primary N) is 1. The van der Waals surface area contributed by atoms with Crippen molar-refractivity contribution < 1.29 is 19.7 Å². The number of ether oxygens (including phenoxy) is 1. The van der Waals surface area contributed by atoms with E-state index >= 15 is 0 Å². The van der Waals surface area contributed by atoms with Gasteiger partial charge < -0.3 is 26.0 Å². The van der Waals surface area contributed by atoms with E-state index in [1.165, 1.54) is 19.2 Å². The van der Waals surface area contributed by atoms with E-state index in [4.69, 9.17) is 15.6 Å². The van der Waals surface area contributed by atoms with Gasteiger partial charge in [-0.05, 0) is 6.07 Å². The van der Waals surface area contributed by atoms with Crippen LogP contribution in [0, 0.1) is 0 Å². The first-order valence-corrected chi connectivity index (χ1v) is 6.00. The number of anilines is 1. The minimum Gasteiger partial charge on any atom is -0.394 e. The average Bonchev–Trinajstić information content (AvgIpc) is 2.66. The normalized spacial score (nSPS) is 29.4. The number of hydrogen-bond donors (Lipinski definition) is 4. The topological polar surface area (TPSA) is 140 Å². The lowest BCUT2D eigenvalue weighted by atomic mass is 10.1. The fraction of sp³-hybridized carbons (Fsp3) is 0.545. The standard InChI is InChI=1S/C11H16N4O5/c1-5(17)13-8-9(18)6(4-16)20-10(8)15-3-2-7(12)14-11(15)19/h2-3,6,8-10,16,18H,4H2,1H3,(H,13,17)(H2,12,14,19)/t6-,8?,9-,10-/m1/s1. The van der Waals surface area contributed by atoms with E-state index in [2.05, 4.69) is 10.3 Å².